The summed E-state index contributed by atoms with van der Waals surface area (Å²) in [5.74, 6) is 0. The highest BCUT2D eigenvalue weighted by Crippen LogP contribution is 2.27. The summed E-state index contributed by atoms with van der Waals surface area (Å²) >= 11 is 0.975. The third-order valence-corrected chi connectivity index (χ3v) is 8.57. The van der Waals surface area contributed by atoms with Crippen LogP contribution in [0.25, 0.3) is 21.9 Å². The summed E-state index contributed by atoms with van der Waals surface area (Å²) in [5, 5.41) is 0.868. The zero-order chi connectivity index (χ0) is 23.2. The Balaban J connectivity index is 1.58. The fraction of sp³-hybridized carbons (Fsp3) is 0.348. The van der Waals surface area contributed by atoms with Gasteiger partial charge in [-0.05, 0) is 73.5 Å². The molecule has 2 aromatic carbocycles. The number of hydrogen-bond acceptors (Lipinski definition) is 7. The SMILES string of the molecule is Cc1cc2cc(CN(C[C@H]3CCCO3)S(=O)(=O)c3cccc4nsnc34)c(=O)[nH]c2cc1C. The quantitative estimate of drug-likeness (QED) is 0.449. The monoisotopic (exact) mass is 484 g/mol. The molecule has 0 amide bonds. The molecule has 0 radical (unpaired) electrons. The van der Waals surface area contributed by atoms with Crippen LogP contribution in [0.2, 0.25) is 0 Å². The minimum absolute atomic E-state index is 0.0612. The van der Waals surface area contributed by atoms with Gasteiger partial charge in [0.25, 0.3) is 5.56 Å². The maximum Gasteiger partial charge on any atom is 0.252 e. The van der Waals surface area contributed by atoms with Crippen molar-refractivity contribution < 1.29 is 13.2 Å². The molecule has 33 heavy (non-hydrogen) atoms. The molecule has 0 saturated carbocycles. The number of sulfonamides is 1. The molecule has 1 atom stereocenters. The first-order chi connectivity index (χ1) is 15.8. The van der Waals surface area contributed by atoms with E-state index in [1.807, 2.05) is 26.0 Å². The number of benzene rings is 2. The molecule has 10 heteroatoms. The molecular weight excluding hydrogens is 460 g/mol. The predicted octanol–water partition coefficient (Wildman–Crippen LogP) is 3.52. The first kappa shape index (κ1) is 22.1. The van der Waals surface area contributed by atoms with Gasteiger partial charge in [-0.1, -0.05) is 6.07 Å². The Hall–Kier alpha value is -2.66. The van der Waals surface area contributed by atoms with E-state index in [2.05, 4.69) is 13.7 Å². The average molecular weight is 485 g/mol. The summed E-state index contributed by atoms with van der Waals surface area (Å²) in [7, 11) is -3.96. The van der Waals surface area contributed by atoms with Crippen molar-refractivity contribution >= 4 is 43.7 Å². The normalized spacial score (nSPS) is 16.9. The minimum atomic E-state index is -3.96. The van der Waals surface area contributed by atoms with Gasteiger partial charge in [-0.25, -0.2) is 8.42 Å². The Morgan fingerprint density at radius 1 is 1.18 bits per heavy atom. The first-order valence-corrected chi connectivity index (χ1v) is 13.0. The lowest BCUT2D eigenvalue weighted by atomic mass is 10.0. The van der Waals surface area contributed by atoms with Crippen molar-refractivity contribution in [2.24, 2.45) is 0 Å². The van der Waals surface area contributed by atoms with Crippen molar-refractivity contribution in [2.45, 2.75) is 44.2 Å². The van der Waals surface area contributed by atoms with E-state index in [1.165, 1.54) is 4.31 Å². The summed E-state index contributed by atoms with van der Waals surface area (Å²) in [4.78, 5) is 15.9. The van der Waals surface area contributed by atoms with Crippen LogP contribution in [-0.2, 0) is 21.3 Å². The molecule has 5 rings (SSSR count). The minimum Gasteiger partial charge on any atom is -0.377 e. The molecule has 0 unspecified atom stereocenters. The van der Waals surface area contributed by atoms with E-state index in [0.29, 0.717) is 23.2 Å². The number of rotatable bonds is 6. The average Bonchev–Trinajstić information content (AvgIpc) is 3.46. The number of hydrogen-bond donors (Lipinski definition) is 1. The lowest BCUT2D eigenvalue weighted by molar-refractivity contribution is 0.0925. The molecule has 0 aliphatic carbocycles. The molecule has 1 aliphatic heterocycles. The van der Waals surface area contributed by atoms with Crippen LogP contribution in [0.5, 0.6) is 0 Å². The summed E-state index contributed by atoms with van der Waals surface area (Å²) in [6.07, 6.45) is 1.46. The lowest BCUT2D eigenvalue weighted by Gasteiger charge is -2.25. The van der Waals surface area contributed by atoms with Crippen molar-refractivity contribution in [1.29, 1.82) is 0 Å². The highest BCUT2D eigenvalue weighted by atomic mass is 32.2. The number of pyridine rings is 1. The fourth-order valence-corrected chi connectivity index (χ4v) is 6.42. The molecule has 1 aliphatic rings. The van der Waals surface area contributed by atoms with Crippen LogP contribution < -0.4 is 5.56 Å². The number of ether oxygens (including phenoxy) is 1. The van der Waals surface area contributed by atoms with Crippen molar-refractivity contribution in [3.05, 3.63) is 63.4 Å². The molecule has 172 valence electrons. The topological polar surface area (TPSA) is 105 Å². The van der Waals surface area contributed by atoms with E-state index in [1.54, 1.807) is 24.3 Å². The first-order valence-electron chi connectivity index (χ1n) is 10.8. The van der Waals surface area contributed by atoms with Crippen molar-refractivity contribution in [3.8, 4) is 0 Å². The molecule has 1 N–H and O–H groups in total. The van der Waals surface area contributed by atoms with E-state index in [-0.39, 0.29) is 29.6 Å². The standard InChI is InChI=1S/C23H24N4O4S2/c1-14-9-16-11-17(23(28)24-20(16)10-15(14)2)12-27(13-18-5-4-8-31-18)33(29,30)21-7-3-6-19-22(21)26-32-25-19/h3,6-7,9-11,18H,4-5,8,12-13H2,1-2H3,(H,24,28)/t18-/m1/s1. The molecule has 8 nitrogen and oxygen atoms in total. The second-order valence-electron chi connectivity index (χ2n) is 8.47. The molecule has 1 fully saturated rings. The predicted molar refractivity (Wildman–Crippen MR) is 128 cm³/mol. The molecule has 4 aromatic rings. The van der Waals surface area contributed by atoms with Gasteiger partial charge in [-0.2, -0.15) is 13.1 Å². The van der Waals surface area contributed by atoms with Crippen LogP contribution in [0, 0.1) is 13.8 Å². The number of H-pyrrole nitrogens is 1. The van der Waals surface area contributed by atoms with Crippen LogP contribution in [-0.4, -0.2) is 45.7 Å². The number of nitrogens with zero attached hydrogens (tertiary/aromatic N) is 3. The number of aromatic nitrogens is 3. The Morgan fingerprint density at radius 2 is 2.00 bits per heavy atom. The largest absolute Gasteiger partial charge is 0.377 e. The Bertz CT molecular complexity index is 1500. The van der Waals surface area contributed by atoms with Crippen LogP contribution in [0.1, 0.15) is 29.5 Å². The third-order valence-electron chi connectivity index (χ3n) is 6.18. The second-order valence-corrected chi connectivity index (χ2v) is 10.9. The number of fused-ring (bicyclic) bond motifs is 2. The van der Waals surface area contributed by atoms with Gasteiger partial charge in [-0.3, -0.25) is 4.79 Å². The van der Waals surface area contributed by atoms with Crippen molar-refractivity contribution in [3.63, 3.8) is 0 Å². The molecule has 0 bridgehead atoms. The van der Waals surface area contributed by atoms with Gasteiger partial charge in [0, 0.05) is 30.8 Å². The second kappa shape index (κ2) is 8.60. The van der Waals surface area contributed by atoms with Gasteiger partial charge in [0.05, 0.1) is 17.8 Å². The Morgan fingerprint density at radius 3 is 2.79 bits per heavy atom. The maximum atomic E-state index is 13.8. The highest BCUT2D eigenvalue weighted by molar-refractivity contribution is 7.89. The zero-order valence-electron chi connectivity index (χ0n) is 18.4. The van der Waals surface area contributed by atoms with Gasteiger partial charge < -0.3 is 9.72 Å². The third kappa shape index (κ3) is 4.19. The fourth-order valence-electron chi connectivity index (χ4n) is 4.22. The van der Waals surface area contributed by atoms with Gasteiger partial charge in [-0.15, -0.1) is 0 Å². The smallest absolute Gasteiger partial charge is 0.252 e. The van der Waals surface area contributed by atoms with E-state index < -0.39 is 10.0 Å². The van der Waals surface area contributed by atoms with E-state index in [0.717, 1.165) is 46.6 Å². The van der Waals surface area contributed by atoms with E-state index in [9.17, 15) is 13.2 Å². The zero-order valence-corrected chi connectivity index (χ0v) is 20.0. The number of aromatic amines is 1. The van der Waals surface area contributed by atoms with Gasteiger partial charge in [0.1, 0.15) is 15.9 Å². The Kier molecular flexibility index (Phi) is 5.77. The molecule has 3 heterocycles. The molecule has 2 aromatic heterocycles. The van der Waals surface area contributed by atoms with E-state index >= 15 is 0 Å². The van der Waals surface area contributed by atoms with Crippen molar-refractivity contribution in [2.75, 3.05) is 13.2 Å². The van der Waals surface area contributed by atoms with Crippen LogP contribution >= 0.6 is 11.7 Å². The number of aryl methyl sites for hydroxylation is 2. The number of nitrogens with one attached hydrogen (secondary N) is 1. The Labute approximate surface area is 195 Å². The van der Waals surface area contributed by atoms with Crippen molar-refractivity contribution in [1.82, 2.24) is 18.0 Å². The van der Waals surface area contributed by atoms with Gasteiger partial charge in [0.2, 0.25) is 10.0 Å². The molecule has 0 spiro atoms. The molecule has 1 saturated heterocycles. The van der Waals surface area contributed by atoms with Gasteiger partial charge in [0.15, 0.2) is 0 Å². The summed E-state index contributed by atoms with van der Waals surface area (Å²) < 4.78 is 43.1. The van der Waals surface area contributed by atoms with Crippen LogP contribution in [0.4, 0.5) is 0 Å². The summed E-state index contributed by atoms with van der Waals surface area (Å²) in [5.41, 5.74) is 3.89. The van der Waals surface area contributed by atoms with Crippen LogP contribution in [0.3, 0.4) is 0 Å². The highest BCUT2D eigenvalue weighted by Gasteiger charge is 2.32. The summed E-state index contributed by atoms with van der Waals surface area (Å²) in [6.45, 7) is 4.72. The maximum absolute atomic E-state index is 13.8. The lowest BCUT2D eigenvalue weighted by Crippen LogP contribution is -2.38. The van der Waals surface area contributed by atoms with E-state index in [4.69, 9.17) is 4.74 Å². The molecular formula is C23H24N4O4S2. The van der Waals surface area contributed by atoms with Crippen LogP contribution in [0.15, 0.2) is 46.1 Å². The summed E-state index contributed by atoms with van der Waals surface area (Å²) in [6, 6.07) is 10.7. The van der Waals surface area contributed by atoms with Gasteiger partial charge >= 0.3 is 0 Å².